The molecular formula is C13H16N2O2S2. The Hall–Kier alpha value is -1.11. The standard InChI is InChI=1S/C13H16N2O2S2/c1-10-6-7-13(18-10)19(16,17)15-9-3-5-12(15)11-4-2-8-14-11/h2,4,6-8,12,14H,3,5,9H2,1H3. The summed E-state index contributed by atoms with van der Waals surface area (Å²) in [5, 5.41) is 0. The molecule has 1 N–H and O–H groups in total. The number of aryl methyl sites for hydroxylation is 1. The van der Waals surface area contributed by atoms with E-state index in [4.69, 9.17) is 0 Å². The second-order valence-electron chi connectivity index (χ2n) is 4.76. The molecule has 0 bridgehead atoms. The third-order valence-electron chi connectivity index (χ3n) is 3.46. The van der Waals surface area contributed by atoms with Gasteiger partial charge in [0.05, 0.1) is 6.04 Å². The molecule has 3 rings (SSSR count). The molecule has 1 aliphatic rings. The second-order valence-corrected chi connectivity index (χ2v) is 8.17. The molecule has 2 aromatic heterocycles. The zero-order chi connectivity index (χ0) is 13.5. The molecule has 0 spiro atoms. The third kappa shape index (κ3) is 2.24. The summed E-state index contributed by atoms with van der Waals surface area (Å²) in [6.07, 6.45) is 3.63. The first-order chi connectivity index (χ1) is 9.09. The number of rotatable bonds is 3. The summed E-state index contributed by atoms with van der Waals surface area (Å²) in [5.74, 6) is 0. The van der Waals surface area contributed by atoms with Gasteiger partial charge in [-0.2, -0.15) is 4.31 Å². The summed E-state index contributed by atoms with van der Waals surface area (Å²) in [4.78, 5) is 4.16. The molecule has 2 aromatic rings. The maximum atomic E-state index is 12.7. The molecule has 0 aliphatic carbocycles. The van der Waals surface area contributed by atoms with E-state index in [-0.39, 0.29) is 6.04 Å². The molecule has 0 radical (unpaired) electrons. The summed E-state index contributed by atoms with van der Waals surface area (Å²) >= 11 is 1.34. The lowest BCUT2D eigenvalue weighted by Gasteiger charge is -2.22. The van der Waals surface area contributed by atoms with Crippen molar-refractivity contribution in [2.24, 2.45) is 0 Å². The maximum Gasteiger partial charge on any atom is 0.253 e. The molecule has 102 valence electrons. The van der Waals surface area contributed by atoms with Gasteiger partial charge in [0.15, 0.2) is 0 Å². The average molecular weight is 296 g/mol. The van der Waals surface area contributed by atoms with Gasteiger partial charge in [-0.3, -0.25) is 0 Å². The minimum atomic E-state index is -3.36. The van der Waals surface area contributed by atoms with E-state index in [0.29, 0.717) is 10.8 Å². The van der Waals surface area contributed by atoms with Gasteiger partial charge in [-0.15, -0.1) is 11.3 Å². The van der Waals surface area contributed by atoms with E-state index < -0.39 is 10.0 Å². The Morgan fingerprint density at radius 2 is 2.21 bits per heavy atom. The lowest BCUT2D eigenvalue weighted by atomic mass is 10.2. The molecule has 4 nitrogen and oxygen atoms in total. The van der Waals surface area contributed by atoms with Crippen molar-refractivity contribution in [3.63, 3.8) is 0 Å². The maximum absolute atomic E-state index is 12.7. The Labute approximate surface area is 117 Å². The van der Waals surface area contributed by atoms with Crippen LogP contribution in [0.2, 0.25) is 0 Å². The van der Waals surface area contributed by atoms with Gasteiger partial charge in [0.1, 0.15) is 4.21 Å². The highest BCUT2D eigenvalue weighted by molar-refractivity contribution is 7.91. The van der Waals surface area contributed by atoms with Crippen molar-refractivity contribution in [1.29, 1.82) is 0 Å². The number of nitrogens with one attached hydrogen (secondary N) is 1. The van der Waals surface area contributed by atoms with Crippen molar-refractivity contribution < 1.29 is 8.42 Å². The summed E-state index contributed by atoms with van der Waals surface area (Å²) < 4.78 is 27.4. The lowest BCUT2D eigenvalue weighted by Crippen LogP contribution is -2.30. The largest absolute Gasteiger partial charge is 0.364 e. The van der Waals surface area contributed by atoms with Crippen LogP contribution in [-0.4, -0.2) is 24.3 Å². The first-order valence-electron chi connectivity index (χ1n) is 6.30. The molecule has 3 heterocycles. The molecule has 1 aliphatic heterocycles. The van der Waals surface area contributed by atoms with Gasteiger partial charge >= 0.3 is 0 Å². The number of aromatic amines is 1. The summed E-state index contributed by atoms with van der Waals surface area (Å²) in [7, 11) is -3.36. The van der Waals surface area contributed by atoms with Crippen molar-refractivity contribution in [3.8, 4) is 0 Å². The molecule has 6 heteroatoms. The summed E-state index contributed by atoms with van der Waals surface area (Å²) in [6.45, 7) is 2.53. The molecular weight excluding hydrogens is 280 g/mol. The molecule has 19 heavy (non-hydrogen) atoms. The highest BCUT2D eigenvalue weighted by Gasteiger charge is 2.37. The second kappa shape index (κ2) is 4.77. The zero-order valence-electron chi connectivity index (χ0n) is 10.7. The number of hydrogen-bond acceptors (Lipinski definition) is 3. The van der Waals surface area contributed by atoms with Gasteiger partial charge in [-0.1, -0.05) is 0 Å². The van der Waals surface area contributed by atoms with Crippen molar-refractivity contribution >= 4 is 21.4 Å². The Kier molecular flexibility index (Phi) is 3.24. The normalized spacial score (nSPS) is 21.0. The van der Waals surface area contributed by atoms with Crippen LogP contribution in [0.1, 0.15) is 29.5 Å². The van der Waals surface area contributed by atoms with E-state index in [1.807, 2.05) is 31.3 Å². The average Bonchev–Trinajstić information content (AvgIpc) is 3.09. The van der Waals surface area contributed by atoms with E-state index in [1.165, 1.54) is 11.3 Å². The first-order valence-corrected chi connectivity index (χ1v) is 8.56. The molecule has 1 fully saturated rings. The number of sulfonamides is 1. The van der Waals surface area contributed by atoms with Crippen LogP contribution >= 0.6 is 11.3 Å². The predicted octanol–water partition coefficient (Wildman–Crippen LogP) is 2.91. The SMILES string of the molecule is Cc1ccc(S(=O)(=O)N2CCCC2c2ccc[nH]2)s1. The summed E-state index contributed by atoms with van der Waals surface area (Å²) in [5.41, 5.74) is 0.981. The first kappa shape index (κ1) is 12.9. The Morgan fingerprint density at radius 3 is 2.84 bits per heavy atom. The van der Waals surface area contributed by atoms with E-state index in [2.05, 4.69) is 4.98 Å². The number of nitrogens with zero attached hydrogens (tertiary/aromatic N) is 1. The van der Waals surface area contributed by atoms with Gasteiger partial charge in [-0.05, 0) is 44.0 Å². The third-order valence-corrected chi connectivity index (χ3v) is 6.84. The molecule has 1 unspecified atom stereocenters. The van der Waals surface area contributed by atoms with Gasteiger partial charge in [0.2, 0.25) is 0 Å². The van der Waals surface area contributed by atoms with E-state index in [0.717, 1.165) is 23.4 Å². The van der Waals surface area contributed by atoms with E-state index in [1.54, 1.807) is 10.4 Å². The van der Waals surface area contributed by atoms with E-state index >= 15 is 0 Å². The van der Waals surface area contributed by atoms with Crippen LogP contribution in [0.4, 0.5) is 0 Å². The smallest absolute Gasteiger partial charge is 0.253 e. The molecule has 0 amide bonds. The van der Waals surface area contributed by atoms with Crippen molar-refractivity contribution in [3.05, 3.63) is 41.0 Å². The molecule has 1 saturated heterocycles. The van der Waals surface area contributed by atoms with Gasteiger partial charge < -0.3 is 4.98 Å². The topological polar surface area (TPSA) is 53.2 Å². The van der Waals surface area contributed by atoms with Crippen LogP contribution in [0, 0.1) is 6.92 Å². The fraction of sp³-hybridized carbons (Fsp3) is 0.385. The summed E-state index contributed by atoms with van der Waals surface area (Å²) in [6, 6.07) is 7.38. The van der Waals surface area contributed by atoms with Gasteiger partial charge in [-0.25, -0.2) is 8.42 Å². The quantitative estimate of drug-likeness (QED) is 0.947. The monoisotopic (exact) mass is 296 g/mol. The highest BCUT2D eigenvalue weighted by Crippen LogP contribution is 2.37. The van der Waals surface area contributed by atoms with Crippen molar-refractivity contribution in [1.82, 2.24) is 9.29 Å². The van der Waals surface area contributed by atoms with Crippen LogP contribution in [0.15, 0.2) is 34.7 Å². The minimum Gasteiger partial charge on any atom is -0.364 e. The van der Waals surface area contributed by atoms with Crippen LogP contribution in [0.25, 0.3) is 0 Å². The number of thiophene rings is 1. The number of H-pyrrole nitrogens is 1. The zero-order valence-corrected chi connectivity index (χ0v) is 12.3. The lowest BCUT2D eigenvalue weighted by molar-refractivity contribution is 0.392. The fourth-order valence-electron chi connectivity index (χ4n) is 2.56. The number of aromatic nitrogens is 1. The van der Waals surface area contributed by atoms with Gasteiger partial charge in [0, 0.05) is 23.3 Å². The Balaban J connectivity index is 1.96. The van der Waals surface area contributed by atoms with Gasteiger partial charge in [0.25, 0.3) is 10.0 Å². The van der Waals surface area contributed by atoms with Crippen LogP contribution in [-0.2, 0) is 10.0 Å². The van der Waals surface area contributed by atoms with Crippen LogP contribution < -0.4 is 0 Å². The van der Waals surface area contributed by atoms with Crippen molar-refractivity contribution in [2.45, 2.75) is 30.0 Å². The van der Waals surface area contributed by atoms with Crippen LogP contribution in [0.3, 0.4) is 0 Å². The molecule has 0 aromatic carbocycles. The predicted molar refractivity (Wildman–Crippen MR) is 75.7 cm³/mol. The molecule has 0 saturated carbocycles. The Bertz CT molecular complexity index is 659. The number of hydrogen-bond donors (Lipinski definition) is 1. The van der Waals surface area contributed by atoms with E-state index in [9.17, 15) is 8.42 Å². The molecule has 1 atom stereocenters. The van der Waals surface area contributed by atoms with Crippen LogP contribution in [0.5, 0.6) is 0 Å². The Morgan fingerprint density at radius 1 is 1.37 bits per heavy atom. The fourth-order valence-corrected chi connectivity index (χ4v) is 5.64. The minimum absolute atomic E-state index is 0.0533. The van der Waals surface area contributed by atoms with Crippen molar-refractivity contribution in [2.75, 3.05) is 6.54 Å². The highest BCUT2D eigenvalue weighted by atomic mass is 32.2.